The molecule has 0 saturated heterocycles. The lowest BCUT2D eigenvalue weighted by molar-refractivity contribution is -0.131. The van der Waals surface area contributed by atoms with E-state index in [0.29, 0.717) is 17.1 Å². The maximum atomic E-state index is 15.4. The quantitative estimate of drug-likeness (QED) is 0.494. The first-order valence-electron chi connectivity index (χ1n) is 9.71. The molecule has 2 heterocycles. The zero-order valence-corrected chi connectivity index (χ0v) is 18.2. The fraction of sp³-hybridized carbons (Fsp3) is 0.333. The van der Waals surface area contributed by atoms with Crippen LogP contribution in [0.4, 0.5) is 4.39 Å². The molecule has 2 aromatic rings. The third-order valence-electron chi connectivity index (χ3n) is 6.05. The van der Waals surface area contributed by atoms with Gasteiger partial charge in [-0.05, 0) is 37.1 Å². The van der Waals surface area contributed by atoms with Gasteiger partial charge in [0.25, 0.3) is 11.8 Å². The highest BCUT2D eigenvalue weighted by atomic mass is 32.2. The Morgan fingerprint density at radius 1 is 1.22 bits per heavy atom. The van der Waals surface area contributed by atoms with E-state index < -0.39 is 32.2 Å². The van der Waals surface area contributed by atoms with Gasteiger partial charge in [0.05, 0.1) is 0 Å². The second-order valence-electron chi connectivity index (χ2n) is 7.94. The molecular formula is C21H21FN2O7S. The Morgan fingerprint density at radius 2 is 1.91 bits per heavy atom. The smallest absolute Gasteiger partial charge is 0.264 e. The summed E-state index contributed by atoms with van der Waals surface area (Å²) < 4.78 is 48.3. The van der Waals surface area contributed by atoms with Crippen LogP contribution in [0.25, 0.3) is 11.1 Å². The monoisotopic (exact) mass is 464 g/mol. The lowest BCUT2D eigenvalue weighted by atomic mass is 9.99. The lowest BCUT2D eigenvalue weighted by Gasteiger charge is -2.27. The number of hydrogen-bond donors (Lipinski definition) is 2. The third kappa shape index (κ3) is 3.47. The minimum absolute atomic E-state index is 0.0705. The predicted molar refractivity (Wildman–Crippen MR) is 110 cm³/mol. The standard InChI is InChI=1S/C21H21FN2O7S/c1-21(20(26)23-27,32(2,28)29)7-8-24-10-15-14(19(24)25)5-4-13(18(15)22)12-3-6-16-17(9-12)31-11-30-16/h3-6,9,27H,7-8,10-11H2,1-2H3,(H,23,26)/t21-/m1/s1. The fourth-order valence-electron chi connectivity index (χ4n) is 3.81. The predicted octanol–water partition coefficient (Wildman–Crippen LogP) is 1.88. The van der Waals surface area contributed by atoms with Gasteiger partial charge < -0.3 is 14.4 Å². The largest absolute Gasteiger partial charge is 0.454 e. The molecule has 2 N–H and O–H groups in total. The first kappa shape index (κ1) is 22.0. The number of sulfone groups is 1. The summed E-state index contributed by atoms with van der Waals surface area (Å²) in [6.07, 6.45) is 0.606. The molecule has 0 fully saturated rings. The second kappa shape index (κ2) is 7.75. The zero-order valence-electron chi connectivity index (χ0n) is 17.3. The van der Waals surface area contributed by atoms with E-state index in [4.69, 9.17) is 14.7 Å². The molecule has 2 aliphatic rings. The van der Waals surface area contributed by atoms with E-state index >= 15 is 4.39 Å². The number of fused-ring (bicyclic) bond motifs is 2. The number of nitrogens with zero attached hydrogens (tertiary/aromatic N) is 1. The summed E-state index contributed by atoms with van der Waals surface area (Å²) in [6.45, 7) is 1.07. The number of hydroxylamine groups is 1. The molecule has 9 nitrogen and oxygen atoms in total. The normalized spacial score (nSPS) is 16.6. The molecule has 2 aliphatic heterocycles. The topological polar surface area (TPSA) is 122 Å². The van der Waals surface area contributed by atoms with Crippen molar-refractivity contribution in [3.8, 4) is 22.6 Å². The maximum absolute atomic E-state index is 15.4. The third-order valence-corrected chi connectivity index (χ3v) is 8.08. The van der Waals surface area contributed by atoms with Crippen molar-refractivity contribution in [3.05, 3.63) is 47.3 Å². The van der Waals surface area contributed by atoms with Gasteiger partial charge in [0, 0.05) is 36.0 Å². The number of carbonyl (C=O) groups excluding carboxylic acids is 2. The first-order valence-corrected chi connectivity index (χ1v) is 11.6. The molecule has 0 radical (unpaired) electrons. The number of amides is 2. The molecule has 0 bridgehead atoms. The van der Waals surface area contributed by atoms with Crippen molar-refractivity contribution < 1.29 is 37.1 Å². The van der Waals surface area contributed by atoms with Crippen molar-refractivity contribution in [2.45, 2.75) is 24.6 Å². The number of ether oxygens (including phenoxy) is 2. The minimum atomic E-state index is -3.91. The Morgan fingerprint density at radius 3 is 2.59 bits per heavy atom. The van der Waals surface area contributed by atoms with Crippen LogP contribution in [-0.2, 0) is 21.2 Å². The van der Waals surface area contributed by atoms with E-state index in [9.17, 15) is 18.0 Å². The van der Waals surface area contributed by atoms with Crippen molar-refractivity contribution in [2.75, 3.05) is 19.6 Å². The van der Waals surface area contributed by atoms with Gasteiger partial charge in [-0.25, -0.2) is 18.3 Å². The molecule has 0 unspecified atom stereocenters. The highest BCUT2D eigenvalue weighted by Crippen LogP contribution is 2.38. The van der Waals surface area contributed by atoms with Gasteiger partial charge in [-0.3, -0.25) is 14.8 Å². The van der Waals surface area contributed by atoms with Crippen LogP contribution in [0.1, 0.15) is 29.3 Å². The van der Waals surface area contributed by atoms with Gasteiger partial charge in [-0.15, -0.1) is 0 Å². The van der Waals surface area contributed by atoms with Crippen LogP contribution in [0.3, 0.4) is 0 Å². The Bertz CT molecular complexity index is 1230. The molecular weight excluding hydrogens is 443 g/mol. The van der Waals surface area contributed by atoms with Crippen LogP contribution < -0.4 is 15.0 Å². The zero-order chi connectivity index (χ0) is 23.3. The Hall–Kier alpha value is -3.18. The molecule has 0 spiro atoms. The Labute approximate surface area is 183 Å². The number of benzene rings is 2. The van der Waals surface area contributed by atoms with Gasteiger partial charge in [0.15, 0.2) is 26.1 Å². The van der Waals surface area contributed by atoms with Gasteiger partial charge >= 0.3 is 0 Å². The highest BCUT2D eigenvalue weighted by molar-refractivity contribution is 7.92. The van der Waals surface area contributed by atoms with Crippen LogP contribution in [-0.4, -0.2) is 54.7 Å². The molecule has 0 aromatic heterocycles. The summed E-state index contributed by atoms with van der Waals surface area (Å²) in [4.78, 5) is 26.1. The minimum Gasteiger partial charge on any atom is -0.454 e. The molecule has 2 aromatic carbocycles. The molecule has 4 rings (SSSR count). The average molecular weight is 464 g/mol. The number of halogens is 1. The number of rotatable bonds is 6. The van der Waals surface area contributed by atoms with Crippen molar-refractivity contribution in [1.29, 1.82) is 0 Å². The number of carbonyl (C=O) groups is 2. The van der Waals surface area contributed by atoms with Crippen molar-refractivity contribution in [2.24, 2.45) is 0 Å². The summed E-state index contributed by atoms with van der Waals surface area (Å²) >= 11 is 0. The summed E-state index contributed by atoms with van der Waals surface area (Å²) in [5, 5.41) is 8.94. The molecule has 1 atom stereocenters. The van der Waals surface area contributed by atoms with Crippen LogP contribution in [0.2, 0.25) is 0 Å². The van der Waals surface area contributed by atoms with E-state index in [2.05, 4.69) is 0 Å². The summed E-state index contributed by atoms with van der Waals surface area (Å²) in [7, 11) is -3.91. The molecule has 32 heavy (non-hydrogen) atoms. The highest BCUT2D eigenvalue weighted by Gasteiger charge is 2.44. The van der Waals surface area contributed by atoms with E-state index in [-0.39, 0.29) is 43.0 Å². The van der Waals surface area contributed by atoms with Crippen molar-refractivity contribution in [1.82, 2.24) is 10.4 Å². The van der Waals surface area contributed by atoms with Crippen molar-refractivity contribution in [3.63, 3.8) is 0 Å². The average Bonchev–Trinajstić information content (AvgIpc) is 3.35. The summed E-state index contributed by atoms with van der Waals surface area (Å²) in [5.74, 6) is -1.05. The van der Waals surface area contributed by atoms with Crippen LogP contribution in [0, 0.1) is 5.82 Å². The Balaban J connectivity index is 1.59. The lowest BCUT2D eigenvalue weighted by Crippen LogP contribution is -2.50. The van der Waals surface area contributed by atoms with Gasteiger partial charge in [0.1, 0.15) is 5.82 Å². The number of nitrogens with one attached hydrogen (secondary N) is 1. The molecule has 11 heteroatoms. The van der Waals surface area contributed by atoms with Gasteiger partial charge in [-0.1, -0.05) is 12.1 Å². The van der Waals surface area contributed by atoms with Crippen LogP contribution in [0.5, 0.6) is 11.5 Å². The summed E-state index contributed by atoms with van der Waals surface area (Å²) in [5.41, 5.74) is 2.59. The fourth-order valence-corrected chi connectivity index (χ4v) is 4.66. The maximum Gasteiger partial charge on any atom is 0.264 e. The van der Waals surface area contributed by atoms with Crippen molar-refractivity contribution >= 4 is 21.7 Å². The molecule has 170 valence electrons. The van der Waals surface area contributed by atoms with Gasteiger partial charge in [0.2, 0.25) is 6.79 Å². The SMILES string of the molecule is C[C@@](CCN1Cc2c(ccc(-c3ccc4c(c3)OCO4)c2F)C1=O)(C(=O)NO)S(C)(=O)=O. The first-order chi connectivity index (χ1) is 15.1. The second-order valence-corrected chi connectivity index (χ2v) is 10.4. The van der Waals surface area contributed by atoms with Crippen LogP contribution in [0.15, 0.2) is 30.3 Å². The van der Waals surface area contributed by atoms with E-state index in [1.807, 2.05) is 0 Å². The number of hydrogen-bond acceptors (Lipinski definition) is 7. The van der Waals surface area contributed by atoms with Gasteiger partial charge in [-0.2, -0.15) is 0 Å². The van der Waals surface area contributed by atoms with E-state index in [1.165, 1.54) is 29.4 Å². The Kier molecular flexibility index (Phi) is 5.33. The van der Waals surface area contributed by atoms with E-state index in [1.54, 1.807) is 18.2 Å². The van der Waals surface area contributed by atoms with Crippen LogP contribution >= 0.6 is 0 Å². The molecule has 2 amide bonds. The molecule has 0 saturated carbocycles. The summed E-state index contributed by atoms with van der Waals surface area (Å²) in [6, 6.07) is 8.06. The molecule has 0 aliphatic carbocycles. The van der Waals surface area contributed by atoms with E-state index in [0.717, 1.165) is 6.26 Å².